The van der Waals surface area contributed by atoms with Gasteiger partial charge in [-0.05, 0) is 18.4 Å². The monoisotopic (exact) mass is 198 g/mol. The lowest BCUT2D eigenvalue weighted by atomic mass is 9.95. The van der Waals surface area contributed by atoms with E-state index in [1.165, 1.54) is 32.1 Å². The van der Waals surface area contributed by atoms with Crippen LogP contribution in [0.5, 0.6) is 0 Å². The fraction of sp³-hybridized carbons (Fsp3) is 0.846. The summed E-state index contributed by atoms with van der Waals surface area (Å²) in [6.45, 7) is 6.68. The third-order valence-corrected chi connectivity index (χ3v) is 2.83. The average molecular weight is 198 g/mol. The highest BCUT2D eigenvalue weighted by molar-refractivity contribution is 4.92. The van der Waals surface area contributed by atoms with Gasteiger partial charge in [-0.1, -0.05) is 46.5 Å². The van der Waals surface area contributed by atoms with Crippen molar-refractivity contribution in [1.29, 1.82) is 0 Å². The van der Waals surface area contributed by atoms with Gasteiger partial charge in [-0.15, -0.1) is 0 Å². The average Bonchev–Trinajstić information content (AvgIpc) is 2.23. The minimum atomic E-state index is 0.853. The van der Waals surface area contributed by atoms with E-state index < -0.39 is 0 Å². The van der Waals surface area contributed by atoms with E-state index in [0.717, 1.165) is 18.1 Å². The number of ether oxygens (including phenoxy) is 1. The second kappa shape index (κ2) is 9.11. The van der Waals surface area contributed by atoms with Crippen molar-refractivity contribution in [1.82, 2.24) is 0 Å². The van der Waals surface area contributed by atoms with Gasteiger partial charge in [0.2, 0.25) is 0 Å². The number of hydrogen-bond acceptors (Lipinski definition) is 1. The van der Waals surface area contributed by atoms with E-state index in [4.69, 9.17) is 4.74 Å². The molecule has 14 heavy (non-hydrogen) atoms. The summed E-state index contributed by atoms with van der Waals surface area (Å²) in [4.78, 5) is 0. The molecule has 84 valence electrons. The molecule has 1 nitrogen and oxygen atoms in total. The molecule has 0 aromatic carbocycles. The summed E-state index contributed by atoms with van der Waals surface area (Å²) in [5.41, 5.74) is 0. The van der Waals surface area contributed by atoms with Gasteiger partial charge in [0.25, 0.3) is 0 Å². The van der Waals surface area contributed by atoms with Gasteiger partial charge < -0.3 is 4.74 Å². The maximum absolute atomic E-state index is 5.26. The maximum atomic E-state index is 5.26. The van der Waals surface area contributed by atoms with Gasteiger partial charge in [0, 0.05) is 6.42 Å². The molecule has 0 spiro atoms. The second-order valence-electron chi connectivity index (χ2n) is 3.88. The molecule has 0 saturated carbocycles. The van der Waals surface area contributed by atoms with Crippen molar-refractivity contribution in [3.05, 3.63) is 11.8 Å². The van der Waals surface area contributed by atoms with Crippen molar-refractivity contribution in [2.24, 2.45) is 5.92 Å². The van der Waals surface area contributed by atoms with Crippen LogP contribution in [-0.4, -0.2) is 7.11 Å². The zero-order valence-corrected chi connectivity index (χ0v) is 10.3. The highest BCUT2D eigenvalue weighted by atomic mass is 16.5. The van der Waals surface area contributed by atoms with Crippen molar-refractivity contribution < 1.29 is 4.74 Å². The molecular formula is C13H26O. The van der Waals surface area contributed by atoms with E-state index in [1.807, 2.05) is 0 Å². The predicted octanol–water partition coefficient (Wildman–Crippen LogP) is 4.53. The summed E-state index contributed by atoms with van der Waals surface area (Å²) >= 11 is 0. The molecule has 0 saturated heterocycles. The van der Waals surface area contributed by atoms with Crippen LogP contribution < -0.4 is 0 Å². The summed E-state index contributed by atoms with van der Waals surface area (Å²) in [6.07, 6.45) is 9.80. The van der Waals surface area contributed by atoms with Gasteiger partial charge in [-0.2, -0.15) is 0 Å². The Balaban J connectivity index is 3.85. The van der Waals surface area contributed by atoms with Crippen LogP contribution in [0.4, 0.5) is 0 Å². The Morgan fingerprint density at radius 2 is 2.00 bits per heavy atom. The molecule has 1 atom stereocenters. The van der Waals surface area contributed by atoms with Crippen molar-refractivity contribution in [2.45, 2.75) is 59.3 Å². The molecule has 1 heteroatoms. The first-order chi connectivity index (χ1) is 6.78. The van der Waals surface area contributed by atoms with Crippen molar-refractivity contribution in [3.63, 3.8) is 0 Å². The highest BCUT2D eigenvalue weighted by Crippen LogP contribution is 2.18. The number of allylic oxidation sites excluding steroid dienone is 2. The SMILES string of the molecule is CCCC[C@@H](CC)CC=C(CC)OC. The molecule has 0 heterocycles. The molecule has 0 aliphatic heterocycles. The number of rotatable bonds is 8. The summed E-state index contributed by atoms with van der Waals surface area (Å²) < 4.78 is 5.26. The van der Waals surface area contributed by atoms with Crippen LogP contribution in [0.25, 0.3) is 0 Å². The summed E-state index contributed by atoms with van der Waals surface area (Å²) in [7, 11) is 1.77. The summed E-state index contributed by atoms with van der Waals surface area (Å²) in [5, 5.41) is 0. The van der Waals surface area contributed by atoms with E-state index in [2.05, 4.69) is 26.8 Å². The van der Waals surface area contributed by atoms with Gasteiger partial charge in [0.05, 0.1) is 12.9 Å². The lowest BCUT2D eigenvalue weighted by molar-refractivity contribution is 0.276. The van der Waals surface area contributed by atoms with Crippen molar-refractivity contribution in [3.8, 4) is 0 Å². The molecule has 0 amide bonds. The molecular weight excluding hydrogens is 172 g/mol. The molecule has 0 fully saturated rings. The lowest BCUT2D eigenvalue weighted by Crippen LogP contribution is -1.98. The van der Waals surface area contributed by atoms with Gasteiger partial charge in [0.1, 0.15) is 0 Å². The molecule has 0 aromatic rings. The van der Waals surface area contributed by atoms with Crippen LogP contribution in [0, 0.1) is 5.92 Å². The van der Waals surface area contributed by atoms with E-state index in [9.17, 15) is 0 Å². The Bertz CT molecular complexity index is 143. The predicted molar refractivity (Wildman–Crippen MR) is 63.3 cm³/mol. The first kappa shape index (κ1) is 13.5. The van der Waals surface area contributed by atoms with Crippen LogP contribution in [0.15, 0.2) is 11.8 Å². The standard InChI is InChI=1S/C13H26O/c1-5-8-9-12(6-2)10-11-13(7-3)14-4/h11-12H,5-10H2,1-4H3/t12-/m1/s1. The molecule has 0 aliphatic rings. The Hall–Kier alpha value is -0.460. The number of hydrogen-bond donors (Lipinski definition) is 0. The molecule has 0 bridgehead atoms. The minimum Gasteiger partial charge on any atom is -0.501 e. The Morgan fingerprint density at radius 3 is 2.43 bits per heavy atom. The van der Waals surface area contributed by atoms with Gasteiger partial charge in [-0.3, -0.25) is 0 Å². The zero-order valence-electron chi connectivity index (χ0n) is 10.3. The molecule has 0 aliphatic carbocycles. The van der Waals surface area contributed by atoms with Crippen LogP contribution in [0.2, 0.25) is 0 Å². The topological polar surface area (TPSA) is 9.23 Å². The minimum absolute atomic E-state index is 0.853. The molecule has 0 aromatic heterocycles. The van der Waals surface area contributed by atoms with E-state index in [0.29, 0.717) is 0 Å². The molecule has 0 rings (SSSR count). The fourth-order valence-electron chi connectivity index (χ4n) is 1.65. The first-order valence-corrected chi connectivity index (χ1v) is 6.01. The normalized spacial score (nSPS) is 14.1. The quantitative estimate of drug-likeness (QED) is 0.520. The number of unbranched alkanes of at least 4 members (excludes halogenated alkanes) is 1. The van der Waals surface area contributed by atoms with Crippen molar-refractivity contribution >= 4 is 0 Å². The fourth-order valence-corrected chi connectivity index (χ4v) is 1.65. The molecule has 0 N–H and O–H groups in total. The lowest BCUT2D eigenvalue weighted by Gasteiger charge is -2.12. The van der Waals surface area contributed by atoms with Crippen LogP contribution in [0.3, 0.4) is 0 Å². The third-order valence-electron chi connectivity index (χ3n) is 2.83. The van der Waals surface area contributed by atoms with Crippen LogP contribution in [-0.2, 0) is 4.74 Å². The second-order valence-corrected chi connectivity index (χ2v) is 3.88. The van der Waals surface area contributed by atoms with E-state index in [1.54, 1.807) is 7.11 Å². The smallest absolute Gasteiger partial charge is 0.0913 e. The van der Waals surface area contributed by atoms with E-state index in [-0.39, 0.29) is 0 Å². The van der Waals surface area contributed by atoms with Crippen LogP contribution >= 0.6 is 0 Å². The largest absolute Gasteiger partial charge is 0.501 e. The number of methoxy groups -OCH3 is 1. The Labute approximate surface area is 89.5 Å². The Kier molecular flexibility index (Phi) is 8.81. The zero-order chi connectivity index (χ0) is 10.8. The summed E-state index contributed by atoms with van der Waals surface area (Å²) in [5.74, 6) is 1.99. The van der Waals surface area contributed by atoms with Crippen LogP contribution in [0.1, 0.15) is 59.3 Å². The highest BCUT2D eigenvalue weighted by Gasteiger charge is 2.04. The Morgan fingerprint density at radius 1 is 1.29 bits per heavy atom. The van der Waals surface area contributed by atoms with Gasteiger partial charge in [-0.25, -0.2) is 0 Å². The first-order valence-electron chi connectivity index (χ1n) is 6.01. The van der Waals surface area contributed by atoms with E-state index >= 15 is 0 Å². The third kappa shape index (κ3) is 6.06. The summed E-state index contributed by atoms with van der Waals surface area (Å²) in [6, 6.07) is 0. The molecule has 0 unspecified atom stereocenters. The van der Waals surface area contributed by atoms with Gasteiger partial charge in [0.15, 0.2) is 0 Å². The molecule has 0 radical (unpaired) electrons. The van der Waals surface area contributed by atoms with Gasteiger partial charge >= 0.3 is 0 Å². The maximum Gasteiger partial charge on any atom is 0.0913 e. The van der Waals surface area contributed by atoms with Crippen molar-refractivity contribution in [2.75, 3.05) is 7.11 Å².